The van der Waals surface area contributed by atoms with E-state index >= 15 is 0 Å². The number of ketones is 1. The summed E-state index contributed by atoms with van der Waals surface area (Å²) in [6.07, 6.45) is 7.16. The summed E-state index contributed by atoms with van der Waals surface area (Å²) in [7, 11) is 3.99. The third kappa shape index (κ3) is 4.99. The predicted octanol–water partition coefficient (Wildman–Crippen LogP) is 0.160. The molecule has 0 saturated heterocycles. The highest BCUT2D eigenvalue weighted by Crippen LogP contribution is 2.11. The zero-order valence-electron chi connectivity index (χ0n) is 11.8. The van der Waals surface area contributed by atoms with Gasteiger partial charge in [0.1, 0.15) is 0 Å². The van der Waals surface area contributed by atoms with E-state index in [0.29, 0.717) is 5.56 Å². The van der Waals surface area contributed by atoms with Crippen molar-refractivity contribution in [2.75, 3.05) is 19.0 Å². The van der Waals surface area contributed by atoms with Crippen molar-refractivity contribution in [1.82, 2.24) is 0 Å². The molecule has 0 spiro atoms. The van der Waals surface area contributed by atoms with Crippen LogP contribution in [0.5, 0.6) is 0 Å². The fourth-order valence-corrected chi connectivity index (χ4v) is 1.96. The second kappa shape index (κ2) is 7.96. The van der Waals surface area contributed by atoms with Crippen molar-refractivity contribution >= 4 is 33.6 Å². The lowest BCUT2D eigenvalue weighted by atomic mass is 10.1. The van der Waals surface area contributed by atoms with E-state index in [-0.39, 0.29) is 18.2 Å². The average Bonchev–Trinajstić information content (AvgIpc) is 2.46. The first-order valence-corrected chi connectivity index (χ1v) is 7.02. The van der Waals surface area contributed by atoms with Gasteiger partial charge in [0.05, 0.1) is 6.08 Å². The van der Waals surface area contributed by atoms with Gasteiger partial charge in [0.25, 0.3) is 0 Å². The van der Waals surface area contributed by atoms with Gasteiger partial charge in [-0.2, -0.15) is 4.57 Å². The molecule has 0 aliphatic carbocycles. The van der Waals surface area contributed by atoms with Gasteiger partial charge in [0.2, 0.25) is 0 Å². The summed E-state index contributed by atoms with van der Waals surface area (Å²) < 4.78 is 2.82. The molecule has 0 atom stereocenters. The largest absolute Gasteiger partial charge is 1.00 e. The van der Waals surface area contributed by atoms with E-state index in [1.807, 2.05) is 60.2 Å². The molecule has 0 bridgehead atoms. The van der Waals surface area contributed by atoms with Crippen molar-refractivity contribution in [3.05, 3.63) is 64.9 Å². The Labute approximate surface area is 139 Å². The van der Waals surface area contributed by atoms with Gasteiger partial charge in [-0.05, 0) is 24.3 Å². The van der Waals surface area contributed by atoms with Crippen LogP contribution in [-0.4, -0.2) is 19.9 Å². The van der Waals surface area contributed by atoms with E-state index in [1.165, 1.54) is 0 Å². The quantitative estimate of drug-likeness (QED) is 0.437. The van der Waals surface area contributed by atoms with Gasteiger partial charge in [-0.1, -0.05) is 15.9 Å². The van der Waals surface area contributed by atoms with Crippen LogP contribution in [0.2, 0.25) is 0 Å². The number of carbonyl (C=O) groups excluding carboxylic acids is 1. The van der Waals surface area contributed by atoms with Gasteiger partial charge in [-0.25, -0.2) is 0 Å². The topological polar surface area (TPSA) is 24.2 Å². The first-order chi connectivity index (χ1) is 9.56. The Bertz CT molecular complexity index is 622. The number of benzene rings is 1. The van der Waals surface area contributed by atoms with Crippen LogP contribution in [0.4, 0.5) is 5.69 Å². The van der Waals surface area contributed by atoms with Gasteiger partial charge in [-0.15, -0.1) is 0 Å². The van der Waals surface area contributed by atoms with E-state index in [1.54, 1.807) is 24.4 Å². The number of halogens is 2. The number of nitrogens with zero attached hydrogens (tertiary/aromatic N) is 2. The van der Waals surface area contributed by atoms with E-state index in [9.17, 15) is 4.79 Å². The third-order valence-corrected chi connectivity index (χ3v) is 3.41. The summed E-state index contributed by atoms with van der Waals surface area (Å²) in [6.45, 7) is 0. The molecule has 1 heterocycles. The molecule has 0 unspecified atom stereocenters. The second-order valence-electron chi connectivity index (χ2n) is 4.58. The van der Waals surface area contributed by atoms with Gasteiger partial charge < -0.3 is 17.3 Å². The predicted molar refractivity (Wildman–Crippen MR) is 84.8 cm³/mol. The van der Waals surface area contributed by atoms with Crippen molar-refractivity contribution in [3.63, 3.8) is 0 Å². The monoisotopic (exact) mass is 366 g/mol. The number of aromatic nitrogens is 1. The van der Waals surface area contributed by atoms with Gasteiger partial charge >= 0.3 is 0 Å². The van der Waals surface area contributed by atoms with Crippen LogP contribution in [0.25, 0.3) is 6.20 Å². The summed E-state index contributed by atoms with van der Waals surface area (Å²) in [4.78, 5) is 14.0. The molecule has 1 aromatic heterocycles. The first-order valence-electron chi connectivity index (χ1n) is 6.22. The van der Waals surface area contributed by atoms with Crippen molar-refractivity contribution in [3.8, 4) is 0 Å². The highest BCUT2D eigenvalue weighted by atomic mass is 79.9. The lowest BCUT2D eigenvalue weighted by Crippen LogP contribution is -3.00. The molecule has 5 heteroatoms. The smallest absolute Gasteiger partial charge is 0.191 e. The van der Waals surface area contributed by atoms with Crippen molar-refractivity contribution < 1.29 is 21.8 Å². The van der Waals surface area contributed by atoms with Crippen molar-refractivity contribution in [1.29, 1.82) is 0 Å². The first kappa shape index (κ1) is 17.4. The van der Waals surface area contributed by atoms with Crippen LogP contribution in [-0.2, 0) is 0 Å². The standard InChI is InChI=1S/C16H16BrN2O.ClH/c1-18(2)15-7-10-19(11-8-15)12-9-16(20)13-3-5-14(17)6-4-13;/h3-12H,1-2H3;1H/q+1;/p-1/b12-9+;. The van der Waals surface area contributed by atoms with E-state index in [2.05, 4.69) is 15.9 Å². The molecule has 0 aliphatic rings. The third-order valence-electron chi connectivity index (χ3n) is 2.88. The summed E-state index contributed by atoms with van der Waals surface area (Å²) in [5, 5.41) is 0. The molecule has 3 nitrogen and oxygen atoms in total. The maximum atomic E-state index is 12.0. The Hall–Kier alpha value is -1.65. The number of hydrogen-bond donors (Lipinski definition) is 0. The Morgan fingerprint density at radius 1 is 1.10 bits per heavy atom. The maximum absolute atomic E-state index is 12.0. The van der Waals surface area contributed by atoms with Gasteiger partial charge in [0, 0.05) is 42.0 Å². The molecule has 0 fully saturated rings. The van der Waals surface area contributed by atoms with Crippen LogP contribution >= 0.6 is 15.9 Å². The molecule has 21 heavy (non-hydrogen) atoms. The zero-order chi connectivity index (χ0) is 14.5. The van der Waals surface area contributed by atoms with Crippen LogP contribution in [0.3, 0.4) is 0 Å². The molecule has 0 N–H and O–H groups in total. The molecule has 0 radical (unpaired) electrons. The molecular formula is C16H16BrClN2O. The molecule has 0 aliphatic heterocycles. The summed E-state index contributed by atoms with van der Waals surface area (Å²) in [6, 6.07) is 11.3. The fraction of sp³-hybridized carbons (Fsp3) is 0.125. The number of rotatable bonds is 4. The molecule has 2 rings (SSSR count). The molecule has 1 aromatic carbocycles. The highest BCUT2D eigenvalue weighted by molar-refractivity contribution is 9.10. The van der Waals surface area contributed by atoms with Crippen LogP contribution in [0.15, 0.2) is 59.3 Å². The Morgan fingerprint density at radius 2 is 1.67 bits per heavy atom. The SMILES string of the molecule is CN(C)c1cc[n+](/C=C/C(=O)c2ccc(Br)cc2)cc1.[Cl-]. The van der Waals surface area contributed by atoms with E-state index < -0.39 is 0 Å². The zero-order valence-corrected chi connectivity index (χ0v) is 14.2. The molecular weight excluding hydrogens is 352 g/mol. The fourth-order valence-electron chi connectivity index (χ4n) is 1.69. The number of allylic oxidation sites excluding steroid dienone is 1. The van der Waals surface area contributed by atoms with Gasteiger partial charge in [-0.3, -0.25) is 4.79 Å². The van der Waals surface area contributed by atoms with Crippen molar-refractivity contribution in [2.24, 2.45) is 0 Å². The lowest BCUT2D eigenvalue weighted by Gasteiger charge is -2.09. The van der Waals surface area contributed by atoms with Crippen molar-refractivity contribution in [2.45, 2.75) is 0 Å². The number of carbonyl (C=O) groups is 1. The summed E-state index contributed by atoms with van der Waals surface area (Å²) in [5.41, 5.74) is 1.80. The second-order valence-corrected chi connectivity index (χ2v) is 5.50. The summed E-state index contributed by atoms with van der Waals surface area (Å²) in [5.74, 6) is -0.0123. The Morgan fingerprint density at radius 3 is 2.19 bits per heavy atom. The van der Waals surface area contributed by atoms with E-state index in [0.717, 1.165) is 10.2 Å². The van der Waals surface area contributed by atoms with Crippen LogP contribution in [0.1, 0.15) is 10.4 Å². The molecule has 0 saturated carbocycles. The number of hydrogen-bond acceptors (Lipinski definition) is 2. The van der Waals surface area contributed by atoms with E-state index in [4.69, 9.17) is 0 Å². The van der Waals surface area contributed by atoms with Gasteiger partial charge in [0.15, 0.2) is 24.4 Å². The van der Waals surface area contributed by atoms with Crippen LogP contribution < -0.4 is 21.9 Å². The minimum absolute atomic E-state index is 0. The highest BCUT2D eigenvalue weighted by Gasteiger charge is 2.03. The molecule has 2 aromatic rings. The maximum Gasteiger partial charge on any atom is 0.191 e. The number of pyridine rings is 1. The minimum Gasteiger partial charge on any atom is -1.00 e. The minimum atomic E-state index is -0.0123. The molecule has 110 valence electrons. The Kier molecular flexibility index (Phi) is 6.59. The normalized spacial score (nSPS) is 10.2. The lowest BCUT2D eigenvalue weighted by molar-refractivity contribution is -0.568. The summed E-state index contributed by atoms with van der Waals surface area (Å²) >= 11 is 3.35. The number of anilines is 1. The molecule has 0 amide bonds. The Balaban J connectivity index is 0.00000220. The van der Waals surface area contributed by atoms with Crippen LogP contribution in [0, 0.1) is 0 Å². The average molecular weight is 368 g/mol.